The van der Waals surface area contributed by atoms with Crippen molar-refractivity contribution in [1.29, 1.82) is 0 Å². The second-order valence-corrected chi connectivity index (χ2v) is 6.36. The number of Topliss-reactive ketones (excluding diaryl/α,β-unsaturated/α-hetero) is 1. The van der Waals surface area contributed by atoms with Gasteiger partial charge < -0.3 is 4.74 Å². The second-order valence-electron chi connectivity index (χ2n) is 5.92. The molecule has 0 spiro atoms. The van der Waals surface area contributed by atoms with Crippen LogP contribution < -0.4 is 4.74 Å². The van der Waals surface area contributed by atoms with Gasteiger partial charge in [-0.1, -0.05) is 18.0 Å². The van der Waals surface area contributed by atoms with Gasteiger partial charge in [-0.2, -0.15) is 0 Å². The van der Waals surface area contributed by atoms with Crippen LogP contribution in [0, 0.1) is 17.8 Å². The maximum absolute atomic E-state index is 12.0. The zero-order chi connectivity index (χ0) is 13.2. The summed E-state index contributed by atoms with van der Waals surface area (Å²) in [5.74, 6) is 3.28. The van der Waals surface area contributed by atoms with Gasteiger partial charge in [0.05, 0.1) is 0 Å². The highest BCUT2D eigenvalue weighted by molar-refractivity contribution is 6.30. The van der Waals surface area contributed by atoms with Crippen LogP contribution >= 0.6 is 11.6 Å². The largest absolute Gasteiger partial charge is 0.486 e. The summed E-state index contributed by atoms with van der Waals surface area (Å²) < 4.78 is 5.50. The molecule has 102 valence electrons. The minimum Gasteiger partial charge on any atom is -0.486 e. The highest BCUT2D eigenvalue weighted by Gasteiger charge is 2.39. The van der Waals surface area contributed by atoms with Crippen molar-refractivity contribution in [1.82, 2.24) is 0 Å². The van der Waals surface area contributed by atoms with E-state index >= 15 is 0 Å². The Labute approximate surface area is 119 Å². The summed E-state index contributed by atoms with van der Waals surface area (Å²) in [6, 6.07) is 7.15. The summed E-state index contributed by atoms with van der Waals surface area (Å²) >= 11 is 5.80. The Morgan fingerprint density at radius 2 is 2.00 bits per heavy atom. The second kappa shape index (κ2) is 5.54. The summed E-state index contributed by atoms with van der Waals surface area (Å²) in [6.45, 7) is 0.190. The molecule has 2 nitrogen and oxygen atoms in total. The van der Waals surface area contributed by atoms with Crippen LogP contribution in [0.5, 0.6) is 5.75 Å². The van der Waals surface area contributed by atoms with Crippen LogP contribution in [0.15, 0.2) is 24.3 Å². The summed E-state index contributed by atoms with van der Waals surface area (Å²) in [5.41, 5.74) is 0. The van der Waals surface area contributed by atoms with Crippen molar-refractivity contribution in [2.24, 2.45) is 17.8 Å². The molecule has 2 bridgehead atoms. The number of carbonyl (C=O) groups excluding carboxylic acids is 1. The summed E-state index contributed by atoms with van der Waals surface area (Å²) in [5, 5.41) is 0.681. The quantitative estimate of drug-likeness (QED) is 0.810. The average Bonchev–Trinajstić information content (AvgIpc) is 3.00. The van der Waals surface area contributed by atoms with E-state index in [1.54, 1.807) is 24.3 Å². The molecule has 2 fully saturated rings. The van der Waals surface area contributed by atoms with Crippen LogP contribution in [0.2, 0.25) is 5.02 Å². The Balaban J connectivity index is 1.45. The van der Waals surface area contributed by atoms with Gasteiger partial charge in [0.15, 0.2) is 5.78 Å². The molecule has 0 saturated heterocycles. The fourth-order valence-corrected chi connectivity index (χ4v) is 3.80. The third-order valence-corrected chi connectivity index (χ3v) is 4.84. The molecule has 1 aromatic carbocycles. The van der Waals surface area contributed by atoms with Crippen molar-refractivity contribution in [2.75, 3.05) is 6.61 Å². The van der Waals surface area contributed by atoms with Gasteiger partial charge in [0.25, 0.3) is 0 Å². The molecule has 2 aliphatic carbocycles. The Morgan fingerprint density at radius 3 is 2.63 bits per heavy atom. The van der Waals surface area contributed by atoms with Crippen LogP contribution in [-0.2, 0) is 4.79 Å². The minimum atomic E-state index is 0.190. The number of hydrogen-bond donors (Lipinski definition) is 0. The van der Waals surface area contributed by atoms with E-state index in [0.717, 1.165) is 11.8 Å². The Kier molecular flexibility index (Phi) is 3.79. The number of carbonyl (C=O) groups is 1. The van der Waals surface area contributed by atoms with Gasteiger partial charge in [-0.05, 0) is 61.3 Å². The summed E-state index contributed by atoms with van der Waals surface area (Å²) in [4.78, 5) is 12.0. The van der Waals surface area contributed by atoms with Crippen molar-refractivity contribution >= 4 is 17.4 Å². The predicted molar refractivity (Wildman–Crippen MR) is 75.5 cm³/mol. The number of rotatable bonds is 5. The third kappa shape index (κ3) is 3.11. The predicted octanol–water partition coefficient (Wildman–Crippen LogP) is 4.11. The first-order valence-electron chi connectivity index (χ1n) is 7.11. The van der Waals surface area contributed by atoms with E-state index in [9.17, 15) is 4.79 Å². The zero-order valence-corrected chi connectivity index (χ0v) is 11.7. The molecule has 0 heterocycles. The molecule has 2 saturated carbocycles. The molecule has 3 unspecified atom stereocenters. The number of halogens is 1. The van der Waals surface area contributed by atoms with Gasteiger partial charge in [-0.15, -0.1) is 0 Å². The first-order valence-corrected chi connectivity index (χ1v) is 7.48. The van der Waals surface area contributed by atoms with Crippen LogP contribution in [0.4, 0.5) is 0 Å². The molecule has 0 radical (unpaired) electrons. The number of ketones is 1. The van der Waals surface area contributed by atoms with Crippen molar-refractivity contribution in [3.8, 4) is 5.75 Å². The number of hydrogen-bond acceptors (Lipinski definition) is 2. The van der Waals surface area contributed by atoms with Crippen molar-refractivity contribution in [3.63, 3.8) is 0 Å². The minimum absolute atomic E-state index is 0.190. The molecular formula is C16H19ClO2. The van der Waals surface area contributed by atoms with Crippen molar-refractivity contribution in [3.05, 3.63) is 29.3 Å². The number of benzene rings is 1. The fraction of sp³-hybridized carbons (Fsp3) is 0.562. The molecule has 2 aliphatic rings. The molecule has 0 aliphatic heterocycles. The van der Waals surface area contributed by atoms with Gasteiger partial charge in [0.2, 0.25) is 0 Å². The summed E-state index contributed by atoms with van der Waals surface area (Å²) in [6.07, 6.45) is 6.04. The molecular weight excluding hydrogens is 260 g/mol. The maximum atomic E-state index is 12.0. The topological polar surface area (TPSA) is 26.3 Å². The normalized spacial score (nSPS) is 28.6. The van der Waals surface area contributed by atoms with Gasteiger partial charge in [0, 0.05) is 11.4 Å². The number of ether oxygens (including phenoxy) is 1. The highest BCUT2D eigenvalue weighted by Crippen LogP contribution is 2.49. The van der Waals surface area contributed by atoms with E-state index < -0.39 is 0 Å². The summed E-state index contributed by atoms with van der Waals surface area (Å²) in [7, 11) is 0. The van der Waals surface area contributed by atoms with Gasteiger partial charge in [0.1, 0.15) is 12.4 Å². The molecule has 0 amide bonds. The van der Waals surface area contributed by atoms with Crippen molar-refractivity contribution < 1.29 is 9.53 Å². The lowest BCUT2D eigenvalue weighted by molar-refractivity contribution is -0.122. The Hall–Kier alpha value is -1.02. The van der Waals surface area contributed by atoms with E-state index in [-0.39, 0.29) is 12.4 Å². The van der Waals surface area contributed by atoms with Crippen LogP contribution in [-0.4, -0.2) is 12.4 Å². The number of fused-ring (bicyclic) bond motifs is 2. The molecule has 1 aromatic rings. The third-order valence-electron chi connectivity index (χ3n) is 4.59. The van der Waals surface area contributed by atoms with Gasteiger partial charge in [-0.25, -0.2) is 0 Å². The maximum Gasteiger partial charge on any atom is 0.170 e. The molecule has 0 N–H and O–H groups in total. The Bertz CT molecular complexity index is 454. The van der Waals surface area contributed by atoms with Crippen LogP contribution in [0.1, 0.15) is 32.1 Å². The zero-order valence-electron chi connectivity index (χ0n) is 11.0. The monoisotopic (exact) mass is 278 g/mol. The highest BCUT2D eigenvalue weighted by atomic mass is 35.5. The lowest BCUT2D eigenvalue weighted by Crippen LogP contribution is -2.19. The van der Waals surface area contributed by atoms with E-state index in [2.05, 4.69) is 0 Å². The first-order chi connectivity index (χ1) is 9.20. The fourth-order valence-electron chi connectivity index (χ4n) is 3.67. The van der Waals surface area contributed by atoms with Gasteiger partial charge >= 0.3 is 0 Å². The van der Waals surface area contributed by atoms with Crippen LogP contribution in [0.25, 0.3) is 0 Å². The van der Waals surface area contributed by atoms with E-state index in [1.807, 2.05) is 0 Å². The standard InChI is InChI=1S/C16H19ClO2/c17-14-3-5-16(6-4-14)19-10-15(18)9-13-8-11-1-2-12(13)7-11/h3-6,11-13H,1-2,7-10H2. The van der Waals surface area contributed by atoms with E-state index in [1.165, 1.54) is 25.7 Å². The first kappa shape index (κ1) is 13.0. The smallest absolute Gasteiger partial charge is 0.170 e. The van der Waals surface area contributed by atoms with E-state index in [0.29, 0.717) is 23.1 Å². The molecule has 3 atom stereocenters. The van der Waals surface area contributed by atoms with Crippen molar-refractivity contribution in [2.45, 2.75) is 32.1 Å². The SMILES string of the molecule is O=C(COc1ccc(Cl)cc1)CC1CC2CCC1C2. The molecule has 19 heavy (non-hydrogen) atoms. The van der Waals surface area contributed by atoms with Gasteiger partial charge in [-0.3, -0.25) is 4.79 Å². The lowest BCUT2D eigenvalue weighted by atomic mass is 9.85. The van der Waals surface area contributed by atoms with E-state index in [4.69, 9.17) is 16.3 Å². The molecule has 3 rings (SSSR count). The van der Waals surface area contributed by atoms with Crippen LogP contribution in [0.3, 0.4) is 0 Å². The Morgan fingerprint density at radius 1 is 1.21 bits per heavy atom. The molecule has 3 heteroatoms. The lowest BCUT2D eigenvalue weighted by Gasteiger charge is -2.20. The average molecular weight is 279 g/mol. The molecule has 0 aromatic heterocycles.